The maximum absolute atomic E-state index is 12.3. The number of aromatic nitrogens is 3. The van der Waals surface area contributed by atoms with E-state index in [1.54, 1.807) is 18.2 Å². The second kappa shape index (κ2) is 10.3. The van der Waals surface area contributed by atoms with Gasteiger partial charge >= 0.3 is 0 Å². The van der Waals surface area contributed by atoms with Crippen LogP contribution in [0.25, 0.3) is 0 Å². The molecule has 158 valence electrons. The molecule has 1 heterocycles. The summed E-state index contributed by atoms with van der Waals surface area (Å²) in [5, 5.41) is 12.5. The lowest BCUT2D eigenvalue weighted by Gasteiger charge is -2.14. The van der Waals surface area contributed by atoms with Gasteiger partial charge in [0.2, 0.25) is 5.91 Å². The molecule has 2 aromatic carbocycles. The van der Waals surface area contributed by atoms with E-state index in [-0.39, 0.29) is 17.8 Å². The summed E-state index contributed by atoms with van der Waals surface area (Å²) < 4.78 is 8.57. The number of benzene rings is 2. The molecule has 0 radical (unpaired) electrons. The Balaban J connectivity index is 1.57. The fraction of sp³-hybridized carbons (Fsp3) is 0.286. The van der Waals surface area contributed by atoms with Crippen molar-refractivity contribution in [1.82, 2.24) is 14.8 Å². The first-order valence-electron chi connectivity index (χ1n) is 9.40. The highest BCUT2D eigenvalue weighted by molar-refractivity contribution is 9.10. The maximum atomic E-state index is 12.3. The first kappa shape index (κ1) is 22.7. The van der Waals surface area contributed by atoms with Gasteiger partial charge in [-0.2, -0.15) is 0 Å². The molecule has 0 fully saturated rings. The molecule has 30 heavy (non-hydrogen) atoms. The number of carbonyl (C=O) groups is 1. The molecule has 1 N–H and O–H groups in total. The van der Waals surface area contributed by atoms with Crippen LogP contribution in [0.4, 0.5) is 5.69 Å². The van der Waals surface area contributed by atoms with Gasteiger partial charge in [-0.3, -0.25) is 4.79 Å². The normalized spacial score (nSPS) is 11.9. The third kappa shape index (κ3) is 5.77. The van der Waals surface area contributed by atoms with Crippen molar-refractivity contribution in [3.05, 3.63) is 63.3 Å². The molecule has 0 saturated carbocycles. The van der Waals surface area contributed by atoms with Gasteiger partial charge < -0.3 is 14.6 Å². The van der Waals surface area contributed by atoms with E-state index in [9.17, 15) is 4.79 Å². The van der Waals surface area contributed by atoms with Crippen molar-refractivity contribution < 1.29 is 9.53 Å². The molecule has 0 saturated heterocycles. The Morgan fingerprint density at radius 1 is 1.27 bits per heavy atom. The summed E-state index contributed by atoms with van der Waals surface area (Å²) in [6, 6.07) is 13.3. The molecule has 9 heteroatoms. The van der Waals surface area contributed by atoms with Crippen LogP contribution in [0.5, 0.6) is 5.75 Å². The smallest absolute Gasteiger partial charge is 0.234 e. The molecule has 1 aromatic heterocycles. The van der Waals surface area contributed by atoms with Crippen LogP contribution in [0.3, 0.4) is 0 Å². The predicted octanol–water partition coefficient (Wildman–Crippen LogP) is 5.66. The number of carbonyl (C=O) groups excluding carboxylic acids is 1. The molecule has 0 aliphatic carbocycles. The summed E-state index contributed by atoms with van der Waals surface area (Å²) in [4.78, 5) is 12.3. The van der Waals surface area contributed by atoms with Crippen LogP contribution in [0, 0.1) is 0 Å². The van der Waals surface area contributed by atoms with E-state index in [0.29, 0.717) is 21.7 Å². The van der Waals surface area contributed by atoms with Crippen LogP contribution < -0.4 is 10.1 Å². The van der Waals surface area contributed by atoms with Crippen LogP contribution in [-0.2, 0) is 18.3 Å². The molecular formula is C21H22BrClN4O2S. The fourth-order valence-corrected chi connectivity index (χ4v) is 3.98. The van der Waals surface area contributed by atoms with Crippen LogP contribution in [0.15, 0.2) is 52.1 Å². The Labute approximate surface area is 193 Å². The Hall–Kier alpha value is -2.03. The Kier molecular flexibility index (Phi) is 7.80. The number of hydrogen-bond donors (Lipinski definition) is 1. The van der Waals surface area contributed by atoms with Crippen LogP contribution >= 0.6 is 39.3 Å². The molecule has 0 spiro atoms. The molecule has 0 aliphatic heterocycles. The molecule has 3 aromatic rings. The van der Waals surface area contributed by atoms with Gasteiger partial charge in [-0.15, -0.1) is 10.2 Å². The highest BCUT2D eigenvalue weighted by Crippen LogP contribution is 2.26. The second-order valence-electron chi connectivity index (χ2n) is 6.62. The number of hydrogen-bond acceptors (Lipinski definition) is 5. The van der Waals surface area contributed by atoms with Crippen molar-refractivity contribution in [2.75, 3.05) is 11.1 Å². The number of halogens is 2. The number of anilines is 1. The Morgan fingerprint density at radius 3 is 2.67 bits per heavy atom. The maximum Gasteiger partial charge on any atom is 0.234 e. The number of nitrogens with zero attached hydrogens (tertiary/aromatic N) is 3. The number of amides is 1. The zero-order valence-electron chi connectivity index (χ0n) is 16.9. The predicted molar refractivity (Wildman–Crippen MR) is 124 cm³/mol. The SMILES string of the molecule is CCc1ccc(O[C@H](C)c2nnc(SCC(=O)Nc3ccc(Cl)c(Br)c3)n2C)cc1. The molecule has 0 aliphatic rings. The van der Waals surface area contributed by atoms with Crippen molar-refractivity contribution in [2.45, 2.75) is 31.5 Å². The lowest BCUT2D eigenvalue weighted by Crippen LogP contribution is -2.15. The van der Waals surface area contributed by atoms with E-state index < -0.39 is 0 Å². The Morgan fingerprint density at radius 2 is 2.00 bits per heavy atom. The standard InChI is InChI=1S/C21H22BrClN4O2S/c1-4-14-5-8-16(9-6-14)29-13(2)20-25-26-21(27(20)3)30-12-19(28)24-15-7-10-18(23)17(22)11-15/h5-11,13H,4,12H2,1-3H3,(H,24,28)/t13-/m1/s1. The number of thioether (sulfide) groups is 1. The Bertz CT molecular complexity index is 1030. The average molecular weight is 510 g/mol. The highest BCUT2D eigenvalue weighted by atomic mass is 79.9. The number of ether oxygens (including phenoxy) is 1. The van der Waals surface area contributed by atoms with Gasteiger partial charge in [0.25, 0.3) is 0 Å². The molecule has 1 amide bonds. The summed E-state index contributed by atoms with van der Waals surface area (Å²) >= 11 is 10.6. The third-order valence-electron chi connectivity index (χ3n) is 4.41. The van der Waals surface area contributed by atoms with E-state index in [1.165, 1.54) is 17.3 Å². The summed E-state index contributed by atoms with van der Waals surface area (Å²) in [5.74, 6) is 1.54. The van der Waals surface area contributed by atoms with E-state index in [0.717, 1.165) is 16.6 Å². The van der Waals surface area contributed by atoms with Crippen LogP contribution in [0.2, 0.25) is 5.02 Å². The minimum atomic E-state index is -0.274. The monoisotopic (exact) mass is 508 g/mol. The van der Waals surface area contributed by atoms with E-state index >= 15 is 0 Å². The van der Waals surface area contributed by atoms with Crippen molar-refractivity contribution in [1.29, 1.82) is 0 Å². The van der Waals surface area contributed by atoms with Gasteiger partial charge in [-0.25, -0.2) is 0 Å². The highest BCUT2D eigenvalue weighted by Gasteiger charge is 2.18. The fourth-order valence-electron chi connectivity index (χ4n) is 2.77. The largest absolute Gasteiger partial charge is 0.483 e. The summed E-state index contributed by atoms with van der Waals surface area (Å²) in [5.41, 5.74) is 1.93. The van der Waals surface area contributed by atoms with Gasteiger partial charge in [0.15, 0.2) is 17.1 Å². The van der Waals surface area contributed by atoms with Crippen LogP contribution in [-0.4, -0.2) is 26.4 Å². The quantitative estimate of drug-likeness (QED) is 0.397. The minimum absolute atomic E-state index is 0.140. The number of rotatable bonds is 8. The van der Waals surface area contributed by atoms with Crippen LogP contribution in [0.1, 0.15) is 31.3 Å². The van der Waals surface area contributed by atoms with Crippen molar-refractivity contribution >= 4 is 50.9 Å². The van der Waals surface area contributed by atoms with E-state index in [1.807, 2.05) is 30.7 Å². The molecule has 1 atom stereocenters. The topological polar surface area (TPSA) is 69.0 Å². The van der Waals surface area contributed by atoms with Gasteiger partial charge in [0.1, 0.15) is 5.75 Å². The zero-order chi connectivity index (χ0) is 21.7. The first-order chi connectivity index (χ1) is 14.4. The van der Waals surface area contributed by atoms with Gasteiger partial charge in [0, 0.05) is 17.2 Å². The minimum Gasteiger partial charge on any atom is -0.483 e. The summed E-state index contributed by atoms with van der Waals surface area (Å²) in [7, 11) is 1.87. The van der Waals surface area contributed by atoms with Crippen molar-refractivity contribution in [3.63, 3.8) is 0 Å². The van der Waals surface area contributed by atoms with E-state index in [4.69, 9.17) is 16.3 Å². The van der Waals surface area contributed by atoms with Gasteiger partial charge in [-0.05, 0) is 65.2 Å². The summed E-state index contributed by atoms with van der Waals surface area (Å²) in [6.45, 7) is 4.04. The molecule has 3 rings (SSSR count). The summed E-state index contributed by atoms with van der Waals surface area (Å²) in [6.07, 6.45) is 0.715. The third-order valence-corrected chi connectivity index (χ3v) is 6.65. The molecule has 0 bridgehead atoms. The lowest BCUT2D eigenvalue weighted by molar-refractivity contribution is -0.113. The molecule has 6 nitrogen and oxygen atoms in total. The first-order valence-corrected chi connectivity index (χ1v) is 11.6. The van der Waals surface area contributed by atoms with Crippen molar-refractivity contribution in [2.24, 2.45) is 7.05 Å². The van der Waals surface area contributed by atoms with Crippen molar-refractivity contribution in [3.8, 4) is 5.75 Å². The van der Waals surface area contributed by atoms with E-state index in [2.05, 4.69) is 50.5 Å². The zero-order valence-corrected chi connectivity index (χ0v) is 20.0. The number of nitrogens with one attached hydrogen (secondary N) is 1. The average Bonchev–Trinajstić information content (AvgIpc) is 3.10. The molecule has 0 unspecified atom stereocenters. The number of aryl methyl sites for hydroxylation is 1. The van der Waals surface area contributed by atoms with Gasteiger partial charge in [0.05, 0.1) is 10.8 Å². The molecular weight excluding hydrogens is 488 g/mol. The second-order valence-corrected chi connectivity index (χ2v) is 8.83. The lowest BCUT2D eigenvalue weighted by atomic mass is 10.2. The van der Waals surface area contributed by atoms with Gasteiger partial charge in [-0.1, -0.05) is 42.4 Å².